The maximum absolute atomic E-state index is 13.9. The minimum atomic E-state index is -1.15. The number of pyridine rings is 1. The van der Waals surface area contributed by atoms with Crippen LogP contribution in [0.15, 0.2) is 72.6 Å². The third kappa shape index (κ3) is 3.59. The molecule has 1 atom stereocenters. The summed E-state index contributed by atoms with van der Waals surface area (Å²) in [6.07, 6.45) is 3.77. The van der Waals surface area contributed by atoms with Crippen molar-refractivity contribution in [2.75, 3.05) is 4.90 Å². The van der Waals surface area contributed by atoms with Crippen molar-refractivity contribution in [3.63, 3.8) is 0 Å². The molecule has 1 aliphatic rings. The van der Waals surface area contributed by atoms with Gasteiger partial charge in [0, 0.05) is 29.7 Å². The van der Waals surface area contributed by atoms with Crippen molar-refractivity contribution < 1.29 is 23.5 Å². The summed E-state index contributed by atoms with van der Waals surface area (Å²) in [5, 5.41) is 11.0. The molecule has 0 aliphatic carbocycles. The number of hydrogen-bond donors (Lipinski definition) is 1. The van der Waals surface area contributed by atoms with Crippen molar-refractivity contribution in [3.05, 3.63) is 101 Å². The lowest BCUT2D eigenvalue weighted by molar-refractivity contribution is -0.132. The molecule has 5 nitrogen and oxygen atoms in total. The number of ketones is 1. The number of Topliss-reactive ketones (excluding diaryl/α,β-unsaturated/α-hetero) is 1. The number of halogens is 2. The number of benzene rings is 2. The second-order valence-electron chi connectivity index (χ2n) is 7.10. The summed E-state index contributed by atoms with van der Waals surface area (Å²) in [7, 11) is 0. The lowest BCUT2D eigenvalue weighted by Gasteiger charge is -2.25. The molecule has 1 amide bonds. The first-order chi connectivity index (χ1) is 14.9. The zero-order valence-electron chi connectivity index (χ0n) is 16.5. The van der Waals surface area contributed by atoms with E-state index in [9.17, 15) is 23.5 Å². The molecule has 7 heteroatoms. The van der Waals surface area contributed by atoms with E-state index in [2.05, 4.69) is 4.98 Å². The summed E-state index contributed by atoms with van der Waals surface area (Å²) < 4.78 is 27.4. The normalized spacial score (nSPS) is 17.9. The zero-order chi connectivity index (χ0) is 22.1. The number of nitrogens with zero attached hydrogens (tertiary/aromatic N) is 2. The molecule has 156 valence electrons. The first kappa shape index (κ1) is 20.4. The SMILES string of the molecule is CCc1ccc(/C(O)=C2\C(=O)C(=O)N(c3ccc(F)c(F)c3)C2c2ccncc2)cc1. The molecule has 1 unspecified atom stereocenters. The minimum Gasteiger partial charge on any atom is -0.507 e. The average Bonchev–Trinajstić information content (AvgIpc) is 3.06. The first-order valence-corrected chi connectivity index (χ1v) is 9.67. The Hall–Kier alpha value is -3.87. The number of aryl methyl sites for hydroxylation is 1. The molecular weight excluding hydrogens is 402 g/mol. The average molecular weight is 420 g/mol. The molecule has 1 aromatic heterocycles. The summed E-state index contributed by atoms with van der Waals surface area (Å²) in [5.74, 6) is -4.42. The summed E-state index contributed by atoms with van der Waals surface area (Å²) in [5.41, 5.74) is 1.78. The highest BCUT2D eigenvalue weighted by atomic mass is 19.2. The Bertz CT molecular complexity index is 1190. The molecule has 0 spiro atoms. The first-order valence-electron chi connectivity index (χ1n) is 9.67. The van der Waals surface area contributed by atoms with Crippen molar-refractivity contribution in [1.29, 1.82) is 0 Å². The summed E-state index contributed by atoms with van der Waals surface area (Å²) in [6, 6.07) is 12.1. The van der Waals surface area contributed by atoms with E-state index >= 15 is 0 Å². The van der Waals surface area contributed by atoms with Gasteiger partial charge in [-0.25, -0.2) is 8.78 Å². The molecule has 1 N–H and O–H groups in total. The highest BCUT2D eigenvalue weighted by molar-refractivity contribution is 6.51. The standard InChI is InChI=1S/C24H18F2N2O3/c1-2-14-3-5-16(6-4-14)22(29)20-21(15-9-11-27-12-10-15)28(24(31)23(20)30)17-7-8-18(25)19(26)13-17/h3-13,21,29H,2H2,1H3/b22-20+. The molecular formula is C24H18F2N2O3. The van der Waals surface area contributed by atoms with E-state index in [1.165, 1.54) is 18.5 Å². The summed E-state index contributed by atoms with van der Waals surface area (Å²) >= 11 is 0. The monoisotopic (exact) mass is 420 g/mol. The van der Waals surface area contributed by atoms with Gasteiger partial charge in [-0.2, -0.15) is 0 Å². The van der Waals surface area contributed by atoms with Crippen LogP contribution in [0, 0.1) is 11.6 Å². The van der Waals surface area contributed by atoms with Crippen LogP contribution in [0.25, 0.3) is 5.76 Å². The number of anilines is 1. The van der Waals surface area contributed by atoms with Gasteiger partial charge in [0.25, 0.3) is 11.7 Å². The predicted octanol–water partition coefficient (Wildman–Crippen LogP) is 4.55. The van der Waals surface area contributed by atoms with Crippen LogP contribution in [0.2, 0.25) is 0 Å². The van der Waals surface area contributed by atoms with Crippen molar-refractivity contribution in [1.82, 2.24) is 4.98 Å². The third-order valence-electron chi connectivity index (χ3n) is 5.28. The molecule has 2 heterocycles. The molecule has 0 saturated carbocycles. The molecule has 3 aromatic rings. The molecule has 0 radical (unpaired) electrons. The lowest BCUT2D eigenvalue weighted by Crippen LogP contribution is -2.29. The highest BCUT2D eigenvalue weighted by Gasteiger charge is 2.47. The summed E-state index contributed by atoms with van der Waals surface area (Å²) in [4.78, 5) is 30.9. The van der Waals surface area contributed by atoms with Gasteiger partial charge >= 0.3 is 0 Å². The minimum absolute atomic E-state index is 0.00296. The second kappa shape index (κ2) is 8.10. The number of aromatic nitrogens is 1. The van der Waals surface area contributed by atoms with Gasteiger partial charge in [-0.1, -0.05) is 31.2 Å². The van der Waals surface area contributed by atoms with Crippen LogP contribution in [0.1, 0.15) is 29.7 Å². The number of rotatable bonds is 4. The van der Waals surface area contributed by atoms with E-state index in [1.54, 1.807) is 24.3 Å². The third-order valence-corrected chi connectivity index (χ3v) is 5.28. The van der Waals surface area contributed by atoms with Crippen molar-refractivity contribution >= 4 is 23.1 Å². The quantitative estimate of drug-likeness (QED) is 0.382. The fourth-order valence-corrected chi connectivity index (χ4v) is 3.65. The maximum atomic E-state index is 13.9. The Morgan fingerprint density at radius 1 is 1.00 bits per heavy atom. The molecule has 2 aromatic carbocycles. The Labute approximate surface area is 177 Å². The van der Waals surface area contributed by atoms with E-state index in [-0.39, 0.29) is 17.0 Å². The van der Waals surface area contributed by atoms with E-state index in [0.29, 0.717) is 11.1 Å². The van der Waals surface area contributed by atoms with Crippen LogP contribution in [0.5, 0.6) is 0 Å². The highest BCUT2D eigenvalue weighted by Crippen LogP contribution is 2.42. The zero-order valence-corrected chi connectivity index (χ0v) is 16.5. The Morgan fingerprint density at radius 3 is 2.29 bits per heavy atom. The fraction of sp³-hybridized carbons (Fsp3) is 0.125. The molecule has 0 bridgehead atoms. The molecule has 31 heavy (non-hydrogen) atoms. The Morgan fingerprint density at radius 2 is 1.68 bits per heavy atom. The lowest BCUT2D eigenvalue weighted by atomic mass is 9.95. The predicted molar refractivity (Wildman–Crippen MR) is 111 cm³/mol. The number of carbonyl (C=O) groups is 2. The van der Waals surface area contributed by atoms with Crippen LogP contribution in [0.4, 0.5) is 14.5 Å². The van der Waals surface area contributed by atoms with Gasteiger partial charge in [0.05, 0.1) is 11.6 Å². The fourth-order valence-electron chi connectivity index (χ4n) is 3.65. The molecule has 1 aliphatic heterocycles. The molecule has 1 saturated heterocycles. The van der Waals surface area contributed by atoms with E-state index in [1.807, 2.05) is 19.1 Å². The van der Waals surface area contributed by atoms with Gasteiger partial charge < -0.3 is 5.11 Å². The van der Waals surface area contributed by atoms with Crippen molar-refractivity contribution in [2.24, 2.45) is 0 Å². The van der Waals surface area contributed by atoms with Crippen LogP contribution in [-0.2, 0) is 16.0 Å². The van der Waals surface area contributed by atoms with Gasteiger partial charge in [0.1, 0.15) is 5.76 Å². The topological polar surface area (TPSA) is 70.5 Å². The van der Waals surface area contributed by atoms with Gasteiger partial charge in [0.2, 0.25) is 0 Å². The second-order valence-corrected chi connectivity index (χ2v) is 7.10. The number of aliphatic hydroxyl groups excluding tert-OH is 1. The van der Waals surface area contributed by atoms with E-state index < -0.39 is 29.4 Å². The van der Waals surface area contributed by atoms with Crippen LogP contribution >= 0.6 is 0 Å². The van der Waals surface area contributed by atoms with Gasteiger partial charge in [-0.15, -0.1) is 0 Å². The van der Waals surface area contributed by atoms with Gasteiger partial charge in [-0.05, 0) is 41.8 Å². The Kier molecular flexibility index (Phi) is 5.33. The van der Waals surface area contributed by atoms with Crippen molar-refractivity contribution in [3.8, 4) is 0 Å². The number of carbonyl (C=O) groups excluding carboxylic acids is 2. The number of aliphatic hydroxyl groups is 1. The Balaban J connectivity index is 1.92. The van der Waals surface area contributed by atoms with Crippen molar-refractivity contribution in [2.45, 2.75) is 19.4 Å². The van der Waals surface area contributed by atoms with E-state index in [0.717, 1.165) is 29.0 Å². The molecule has 4 rings (SSSR count). The van der Waals surface area contributed by atoms with Crippen LogP contribution in [0.3, 0.4) is 0 Å². The number of hydrogen-bond acceptors (Lipinski definition) is 4. The van der Waals surface area contributed by atoms with Crippen LogP contribution < -0.4 is 4.90 Å². The molecule has 1 fully saturated rings. The maximum Gasteiger partial charge on any atom is 0.300 e. The number of amides is 1. The largest absolute Gasteiger partial charge is 0.507 e. The van der Waals surface area contributed by atoms with Gasteiger partial charge in [-0.3, -0.25) is 19.5 Å². The van der Waals surface area contributed by atoms with Gasteiger partial charge in [0.15, 0.2) is 11.6 Å². The smallest absolute Gasteiger partial charge is 0.300 e. The summed E-state index contributed by atoms with van der Waals surface area (Å²) in [6.45, 7) is 1.99. The van der Waals surface area contributed by atoms with E-state index in [4.69, 9.17) is 0 Å². The van der Waals surface area contributed by atoms with Crippen LogP contribution in [-0.4, -0.2) is 21.8 Å².